The third-order valence-electron chi connectivity index (χ3n) is 3.13. The Morgan fingerprint density at radius 3 is 3.00 bits per heavy atom. The number of aromatic amines is 1. The maximum Gasteiger partial charge on any atom is 0.269 e. The predicted octanol–water partition coefficient (Wildman–Crippen LogP) is 2.58. The van der Waals surface area contributed by atoms with Gasteiger partial charge in [-0.1, -0.05) is 29.8 Å². The molecule has 0 saturated heterocycles. The number of nitrogens with one attached hydrogen (secondary N) is 2. The quantitative estimate of drug-likeness (QED) is 0.778. The first kappa shape index (κ1) is 13.6. The maximum atomic E-state index is 12.1. The fourth-order valence-corrected chi connectivity index (χ4v) is 2.34. The average Bonchev–Trinajstić information content (AvgIpc) is 3.00. The Morgan fingerprint density at radius 1 is 1.33 bits per heavy atom. The van der Waals surface area contributed by atoms with Crippen LogP contribution < -0.4 is 5.32 Å². The number of carbonyl (C=O) groups is 1. The van der Waals surface area contributed by atoms with Crippen LogP contribution in [0.5, 0.6) is 0 Å². The normalized spacial score (nSPS) is 10.7. The van der Waals surface area contributed by atoms with E-state index in [4.69, 9.17) is 11.6 Å². The minimum atomic E-state index is -0.234. The van der Waals surface area contributed by atoms with E-state index in [1.54, 1.807) is 18.6 Å². The highest BCUT2D eigenvalue weighted by Crippen LogP contribution is 2.22. The number of fused-ring (bicyclic) bond motifs is 1. The minimum absolute atomic E-state index is 0.234. The number of H-pyrrole nitrogens is 1. The van der Waals surface area contributed by atoms with Gasteiger partial charge in [0.1, 0.15) is 5.69 Å². The topological polar surface area (TPSA) is 70.7 Å². The molecule has 5 nitrogen and oxygen atoms in total. The molecule has 106 valence electrons. The summed E-state index contributed by atoms with van der Waals surface area (Å²) in [5, 5.41) is 4.19. The van der Waals surface area contributed by atoms with Crippen molar-refractivity contribution in [1.29, 1.82) is 0 Å². The number of nitrogens with zero attached hydrogens (tertiary/aromatic N) is 2. The molecule has 3 rings (SSSR count). The molecule has 1 aromatic carbocycles. The Bertz CT molecular complexity index is 770. The Labute approximate surface area is 126 Å². The summed E-state index contributed by atoms with van der Waals surface area (Å²) in [7, 11) is 0. The van der Waals surface area contributed by atoms with Crippen LogP contribution in [0.15, 0.2) is 42.9 Å². The van der Waals surface area contributed by atoms with Crippen LogP contribution in [0, 0.1) is 0 Å². The Hall–Kier alpha value is -2.40. The average molecular weight is 301 g/mol. The molecule has 1 amide bonds. The van der Waals surface area contributed by atoms with Crippen LogP contribution >= 0.6 is 11.6 Å². The zero-order valence-corrected chi connectivity index (χ0v) is 11.9. The number of carbonyl (C=O) groups excluding carboxylic acids is 1. The summed E-state index contributed by atoms with van der Waals surface area (Å²) < 4.78 is 0. The van der Waals surface area contributed by atoms with Gasteiger partial charge in [-0.2, -0.15) is 0 Å². The second-order valence-electron chi connectivity index (χ2n) is 4.59. The first-order valence-electron chi connectivity index (χ1n) is 6.55. The van der Waals surface area contributed by atoms with Crippen LogP contribution in [0.2, 0.25) is 5.02 Å². The number of amides is 1. The Kier molecular flexibility index (Phi) is 3.83. The lowest BCUT2D eigenvalue weighted by atomic mass is 10.2. The Morgan fingerprint density at radius 2 is 2.19 bits per heavy atom. The fourth-order valence-electron chi connectivity index (χ4n) is 2.07. The molecular weight excluding hydrogens is 288 g/mol. The molecule has 0 aliphatic heterocycles. The molecule has 6 heteroatoms. The van der Waals surface area contributed by atoms with E-state index in [9.17, 15) is 4.79 Å². The molecule has 0 radical (unpaired) electrons. The van der Waals surface area contributed by atoms with Crippen LogP contribution in [-0.4, -0.2) is 27.4 Å². The summed E-state index contributed by atoms with van der Waals surface area (Å²) in [4.78, 5) is 23.4. The summed E-state index contributed by atoms with van der Waals surface area (Å²) in [6, 6.07) is 9.06. The second kappa shape index (κ2) is 5.93. The number of hydrogen-bond donors (Lipinski definition) is 2. The van der Waals surface area contributed by atoms with Crippen molar-refractivity contribution in [2.75, 3.05) is 6.54 Å². The van der Waals surface area contributed by atoms with Crippen LogP contribution in [0.1, 0.15) is 16.2 Å². The largest absolute Gasteiger partial charge is 0.350 e. The van der Waals surface area contributed by atoms with Crippen molar-refractivity contribution < 1.29 is 4.79 Å². The summed E-state index contributed by atoms with van der Waals surface area (Å²) in [5.74, 6) is -0.234. The molecule has 2 N–H and O–H groups in total. The number of pyridine rings is 1. The zero-order valence-electron chi connectivity index (χ0n) is 11.1. The van der Waals surface area contributed by atoms with E-state index in [0.717, 1.165) is 11.1 Å². The molecule has 0 bridgehead atoms. The van der Waals surface area contributed by atoms with Gasteiger partial charge in [-0.25, -0.2) is 9.97 Å². The van der Waals surface area contributed by atoms with Gasteiger partial charge in [0.05, 0.1) is 16.9 Å². The molecule has 0 spiro atoms. The lowest BCUT2D eigenvalue weighted by molar-refractivity contribution is 0.0949. The van der Waals surface area contributed by atoms with Gasteiger partial charge in [-0.3, -0.25) is 4.79 Å². The molecular formula is C15H13ClN4O. The van der Waals surface area contributed by atoms with Gasteiger partial charge < -0.3 is 10.3 Å². The van der Waals surface area contributed by atoms with E-state index in [1.165, 1.54) is 0 Å². The highest BCUT2D eigenvalue weighted by atomic mass is 35.5. The highest BCUT2D eigenvalue weighted by molar-refractivity contribution is 6.35. The first-order valence-corrected chi connectivity index (χ1v) is 6.92. The van der Waals surface area contributed by atoms with Gasteiger partial charge in [-0.05, 0) is 12.1 Å². The van der Waals surface area contributed by atoms with Gasteiger partial charge in [0.15, 0.2) is 0 Å². The lowest BCUT2D eigenvalue weighted by Crippen LogP contribution is -2.26. The second-order valence-corrected chi connectivity index (χ2v) is 5.00. The zero-order chi connectivity index (χ0) is 14.7. The highest BCUT2D eigenvalue weighted by Gasteiger charge is 2.10. The number of halogens is 1. The summed E-state index contributed by atoms with van der Waals surface area (Å²) >= 11 is 6.19. The van der Waals surface area contributed by atoms with E-state index in [0.29, 0.717) is 29.2 Å². The van der Waals surface area contributed by atoms with Crippen molar-refractivity contribution >= 4 is 28.4 Å². The summed E-state index contributed by atoms with van der Waals surface area (Å²) in [6.45, 7) is 0.507. The van der Waals surface area contributed by atoms with Crippen molar-refractivity contribution in [2.45, 2.75) is 6.42 Å². The van der Waals surface area contributed by atoms with Gasteiger partial charge >= 0.3 is 0 Å². The van der Waals surface area contributed by atoms with Gasteiger partial charge in [-0.15, -0.1) is 0 Å². The summed E-state index contributed by atoms with van der Waals surface area (Å²) in [5.41, 5.74) is 2.01. The monoisotopic (exact) mass is 300 g/mol. The van der Waals surface area contributed by atoms with Crippen LogP contribution in [0.4, 0.5) is 0 Å². The molecule has 0 unspecified atom stereocenters. The molecule has 3 aromatic rings. The van der Waals surface area contributed by atoms with Gasteiger partial charge in [0.25, 0.3) is 5.91 Å². The summed E-state index contributed by atoms with van der Waals surface area (Å²) in [6.07, 6.45) is 4.03. The molecule has 0 aliphatic rings. The molecule has 0 saturated carbocycles. The molecule has 21 heavy (non-hydrogen) atoms. The molecule has 0 fully saturated rings. The SMILES string of the molecule is O=C(NCCc1cnc[nH]1)c1cc(Cl)c2ccccc2n1. The fraction of sp³-hybridized carbons (Fsp3) is 0.133. The van der Waals surface area contributed by atoms with E-state index in [-0.39, 0.29) is 5.91 Å². The molecule has 0 atom stereocenters. The van der Waals surface area contributed by atoms with Gasteiger partial charge in [0, 0.05) is 30.2 Å². The molecule has 0 aliphatic carbocycles. The number of rotatable bonds is 4. The van der Waals surface area contributed by atoms with Crippen molar-refractivity contribution in [1.82, 2.24) is 20.3 Å². The van der Waals surface area contributed by atoms with Crippen molar-refractivity contribution in [3.63, 3.8) is 0 Å². The maximum absolute atomic E-state index is 12.1. The smallest absolute Gasteiger partial charge is 0.269 e. The molecule has 2 aromatic heterocycles. The van der Waals surface area contributed by atoms with Crippen molar-refractivity contribution in [2.24, 2.45) is 0 Å². The van der Waals surface area contributed by atoms with E-state index >= 15 is 0 Å². The third-order valence-corrected chi connectivity index (χ3v) is 3.45. The first-order chi connectivity index (χ1) is 10.2. The molecule has 2 heterocycles. The number of para-hydroxylation sites is 1. The van der Waals surface area contributed by atoms with E-state index in [1.807, 2.05) is 24.3 Å². The predicted molar refractivity (Wildman–Crippen MR) is 81.4 cm³/mol. The van der Waals surface area contributed by atoms with Crippen LogP contribution in [0.25, 0.3) is 10.9 Å². The number of hydrogen-bond acceptors (Lipinski definition) is 3. The van der Waals surface area contributed by atoms with Crippen molar-refractivity contribution in [3.8, 4) is 0 Å². The van der Waals surface area contributed by atoms with Crippen LogP contribution in [0.3, 0.4) is 0 Å². The standard InChI is InChI=1S/C15H13ClN4O/c16-12-7-14(20-13-4-2-1-3-11(12)13)15(21)18-6-5-10-8-17-9-19-10/h1-4,7-9H,5-6H2,(H,17,19)(H,18,21). The number of benzene rings is 1. The number of aromatic nitrogens is 3. The number of imidazole rings is 1. The minimum Gasteiger partial charge on any atom is -0.350 e. The lowest BCUT2D eigenvalue weighted by Gasteiger charge is -2.06. The van der Waals surface area contributed by atoms with Crippen LogP contribution in [-0.2, 0) is 6.42 Å². The van der Waals surface area contributed by atoms with E-state index in [2.05, 4.69) is 20.3 Å². The van der Waals surface area contributed by atoms with E-state index < -0.39 is 0 Å². The van der Waals surface area contributed by atoms with Gasteiger partial charge in [0.2, 0.25) is 0 Å². The third kappa shape index (κ3) is 3.03. The van der Waals surface area contributed by atoms with Crippen molar-refractivity contribution in [3.05, 3.63) is 59.3 Å². The Balaban J connectivity index is 1.72.